The second-order valence-corrected chi connectivity index (χ2v) is 7.38. The number of likely N-dealkylation sites (N-methyl/N-ethyl adjacent to an activating group) is 1. The van der Waals surface area contributed by atoms with Crippen LogP contribution in [0.15, 0.2) is 23.1 Å². The van der Waals surface area contributed by atoms with E-state index >= 15 is 0 Å². The molecular weight excluding hydrogens is 320 g/mol. The Bertz CT molecular complexity index is 704. The quantitative estimate of drug-likeness (QED) is 0.877. The summed E-state index contributed by atoms with van der Waals surface area (Å²) in [6.07, 6.45) is 2.08. The van der Waals surface area contributed by atoms with Crippen LogP contribution < -0.4 is 14.8 Å². The van der Waals surface area contributed by atoms with Gasteiger partial charge in [-0.25, -0.2) is 8.42 Å². The molecule has 23 heavy (non-hydrogen) atoms. The van der Waals surface area contributed by atoms with Crippen molar-refractivity contribution in [1.82, 2.24) is 9.62 Å². The smallest absolute Gasteiger partial charge is 0.247 e. The highest BCUT2D eigenvalue weighted by atomic mass is 32.2. The zero-order chi connectivity index (χ0) is 16.4. The number of para-hydroxylation sites is 1. The number of piperidine rings is 1. The monoisotopic (exact) mass is 340 g/mol. The SMILES string of the molecule is CNC(=O)C1CCCCN1S(=O)(=O)c1cccc2c1OCCO2. The first-order chi connectivity index (χ1) is 11.1. The minimum Gasteiger partial charge on any atom is -0.486 e. The molecule has 3 rings (SSSR count). The Morgan fingerprint density at radius 1 is 1.26 bits per heavy atom. The largest absolute Gasteiger partial charge is 0.486 e. The standard InChI is InChI=1S/C15H20N2O5S/c1-16-15(18)11-5-2-3-8-17(11)23(19,20)13-7-4-6-12-14(13)22-10-9-21-12/h4,6-7,11H,2-3,5,8-10H2,1H3,(H,16,18). The van der Waals surface area contributed by atoms with Gasteiger partial charge in [-0.1, -0.05) is 12.5 Å². The number of fused-ring (bicyclic) bond motifs is 1. The number of carbonyl (C=O) groups is 1. The lowest BCUT2D eigenvalue weighted by atomic mass is 10.0. The maximum absolute atomic E-state index is 13.1. The van der Waals surface area contributed by atoms with E-state index in [9.17, 15) is 13.2 Å². The molecule has 0 spiro atoms. The molecule has 0 bridgehead atoms. The molecule has 1 fully saturated rings. The molecule has 1 N–H and O–H groups in total. The average molecular weight is 340 g/mol. The van der Waals surface area contributed by atoms with Crippen LogP contribution in [0.1, 0.15) is 19.3 Å². The summed E-state index contributed by atoms with van der Waals surface area (Å²) < 4.78 is 38.5. The van der Waals surface area contributed by atoms with Crippen LogP contribution in [0.3, 0.4) is 0 Å². The number of hydrogen-bond donors (Lipinski definition) is 1. The van der Waals surface area contributed by atoms with Gasteiger partial charge in [0.25, 0.3) is 0 Å². The van der Waals surface area contributed by atoms with E-state index < -0.39 is 16.1 Å². The minimum atomic E-state index is -3.84. The van der Waals surface area contributed by atoms with Gasteiger partial charge in [0.05, 0.1) is 0 Å². The number of benzene rings is 1. The Kier molecular flexibility index (Phi) is 4.45. The zero-order valence-corrected chi connectivity index (χ0v) is 13.8. The fraction of sp³-hybridized carbons (Fsp3) is 0.533. The van der Waals surface area contributed by atoms with Crippen LogP contribution in [0.4, 0.5) is 0 Å². The molecule has 1 unspecified atom stereocenters. The lowest BCUT2D eigenvalue weighted by molar-refractivity contribution is -0.125. The highest BCUT2D eigenvalue weighted by molar-refractivity contribution is 7.89. The summed E-state index contributed by atoms with van der Waals surface area (Å²) >= 11 is 0. The molecule has 1 aromatic carbocycles. The molecule has 8 heteroatoms. The Morgan fingerprint density at radius 3 is 2.83 bits per heavy atom. The van der Waals surface area contributed by atoms with Gasteiger partial charge in [-0.15, -0.1) is 0 Å². The van der Waals surface area contributed by atoms with Crippen molar-refractivity contribution in [3.05, 3.63) is 18.2 Å². The molecule has 1 aromatic rings. The van der Waals surface area contributed by atoms with Crippen molar-refractivity contribution in [2.75, 3.05) is 26.8 Å². The highest BCUT2D eigenvalue weighted by Gasteiger charge is 2.39. The number of hydrogen-bond acceptors (Lipinski definition) is 5. The van der Waals surface area contributed by atoms with Crippen molar-refractivity contribution in [2.45, 2.75) is 30.2 Å². The van der Waals surface area contributed by atoms with Gasteiger partial charge >= 0.3 is 0 Å². The van der Waals surface area contributed by atoms with Gasteiger partial charge in [0, 0.05) is 13.6 Å². The molecule has 0 saturated carbocycles. The van der Waals surface area contributed by atoms with Crippen LogP contribution in [-0.4, -0.2) is 51.5 Å². The van der Waals surface area contributed by atoms with E-state index in [1.807, 2.05) is 0 Å². The molecule has 0 aromatic heterocycles. The van der Waals surface area contributed by atoms with Crippen LogP contribution in [0.5, 0.6) is 11.5 Å². The maximum atomic E-state index is 13.1. The van der Waals surface area contributed by atoms with E-state index in [1.54, 1.807) is 12.1 Å². The number of nitrogens with one attached hydrogen (secondary N) is 1. The summed E-state index contributed by atoms with van der Waals surface area (Å²) in [6.45, 7) is 1.02. The summed E-state index contributed by atoms with van der Waals surface area (Å²) in [7, 11) is -2.32. The topological polar surface area (TPSA) is 84.9 Å². The molecule has 2 aliphatic heterocycles. The third kappa shape index (κ3) is 2.88. The van der Waals surface area contributed by atoms with E-state index in [-0.39, 0.29) is 16.6 Å². The number of nitrogens with zero attached hydrogens (tertiary/aromatic N) is 1. The predicted molar refractivity (Wildman–Crippen MR) is 83.0 cm³/mol. The predicted octanol–water partition coefficient (Wildman–Crippen LogP) is 0.747. The Hall–Kier alpha value is -1.80. The number of sulfonamides is 1. The van der Waals surface area contributed by atoms with E-state index in [2.05, 4.69) is 5.32 Å². The summed E-state index contributed by atoms with van der Waals surface area (Å²) in [5, 5.41) is 2.55. The lowest BCUT2D eigenvalue weighted by Crippen LogP contribution is -2.51. The van der Waals surface area contributed by atoms with Crippen molar-refractivity contribution >= 4 is 15.9 Å². The van der Waals surface area contributed by atoms with Crippen LogP contribution in [-0.2, 0) is 14.8 Å². The molecule has 2 aliphatic rings. The summed E-state index contributed by atoms with van der Waals surface area (Å²) in [6, 6.07) is 4.12. The molecule has 1 amide bonds. The van der Waals surface area contributed by atoms with Gasteiger partial charge in [0.1, 0.15) is 24.2 Å². The van der Waals surface area contributed by atoms with Crippen LogP contribution in [0.2, 0.25) is 0 Å². The molecule has 126 valence electrons. The number of ether oxygens (including phenoxy) is 2. The van der Waals surface area contributed by atoms with E-state index in [1.165, 1.54) is 17.4 Å². The second-order valence-electron chi connectivity index (χ2n) is 5.52. The summed E-state index contributed by atoms with van der Waals surface area (Å²) in [5.41, 5.74) is 0. The molecule has 7 nitrogen and oxygen atoms in total. The number of carbonyl (C=O) groups excluding carboxylic acids is 1. The Balaban J connectivity index is 2.02. The first-order valence-electron chi connectivity index (χ1n) is 7.68. The van der Waals surface area contributed by atoms with E-state index in [4.69, 9.17) is 9.47 Å². The maximum Gasteiger partial charge on any atom is 0.247 e. The van der Waals surface area contributed by atoms with Crippen LogP contribution >= 0.6 is 0 Å². The molecule has 1 atom stereocenters. The number of rotatable bonds is 3. The van der Waals surface area contributed by atoms with E-state index in [0.717, 1.165) is 12.8 Å². The van der Waals surface area contributed by atoms with Crippen molar-refractivity contribution < 1.29 is 22.7 Å². The zero-order valence-electron chi connectivity index (χ0n) is 12.9. The van der Waals surface area contributed by atoms with Gasteiger partial charge < -0.3 is 14.8 Å². The van der Waals surface area contributed by atoms with Gasteiger partial charge in [-0.3, -0.25) is 4.79 Å². The van der Waals surface area contributed by atoms with Crippen molar-refractivity contribution in [3.63, 3.8) is 0 Å². The first kappa shape index (κ1) is 16.1. The third-order valence-corrected chi connectivity index (χ3v) is 6.05. The summed E-state index contributed by atoms with van der Waals surface area (Å²) in [5.74, 6) is 0.376. The fourth-order valence-electron chi connectivity index (χ4n) is 3.00. The minimum absolute atomic E-state index is 0.0607. The van der Waals surface area contributed by atoms with Gasteiger partial charge in [-0.05, 0) is 25.0 Å². The highest BCUT2D eigenvalue weighted by Crippen LogP contribution is 2.39. The van der Waals surface area contributed by atoms with Crippen LogP contribution in [0.25, 0.3) is 0 Å². The van der Waals surface area contributed by atoms with Crippen molar-refractivity contribution in [3.8, 4) is 11.5 Å². The molecule has 1 saturated heterocycles. The molecule has 0 radical (unpaired) electrons. The lowest BCUT2D eigenvalue weighted by Gasteiger charge is -2.34. The number of amides is 1. The van der Waals surface area contributed by atoms with Gasteiger partial charge in [0.15, 0.2) is 11.5 Å². The van der Waals surface area contributed by atoms with Crippen molar-refractivity contribution in [2.24, 2.45) is 0 Å². The van der Waals surface area contributed by atoms with Crippen LogP contribution in [0, 0.1) is 0 Å². The van der Waals surface area contributed by atoms with Gasteiger partial charge in [0.2, 0.25) is 15.9 Å². The normalized spacial score (nSPS) is 21.7. The third-order valence-electron chi connectivity index (χ3n) is 4.12. The fourth-order valence-corrected chi connectivity index (χ4v) is 4.80. The average Bonchev–Trinajstić information content (AvgIpc) is 2.60. The van der Waals surface area contributed by atoms with Crippen molar-refractivity contribution in [1.29, 1.82) is 0 Å². The summed E-state index contributed by atoms with van der Waals surface area (Å²) in [4.78, 5) is 12.1. The second kappa shape index (κ2) is 6.37. The van der Waals surface area contributed by atoms with Gasteiger partial charge in [-0.2, -0.15) is 4.31 Å². The first-order valence-corrected chi connectivity index (χ1v) is 9.12. The molecule has 0 aliphatic carbocycles. The van der Waals surface area contributed by atoms with E-state index in [0.29, 0.717) is 31.9 Å². The Labute approximate surface area is 135 Å². The Morgan fingerprint density at radius 2 is 2.04 bits per heavy atom. The molecular formula is C15H20N2O5S. The molecule has 2 heterocycles.